The molecule has 1 unspecified atom stereocenters. The molecule has 0 bridgehead atoms. The van der Waals surface area contributed by atoms with Crippen molar-refractivity contribution in [2.75, 3.05) is 11.9 Å². The number of benzene rings is 1. The maximum Gasteiger partial charge on any atom is 0.337 e. The number of nitrogens with one attached hydrogen (secondary N) is 1. The standard InChI is InChI=1S/C14H16N2O3/c1-2-9(17)7-15-13-11-6-4-3-5-10(11)12(8-16-13)14(18)19/h3-6,8-9,17H,2,7H2,1H3,(H,15,16)(H,18,19). The number of aromatic carboxylic acids is 1. The van der Waals surface area contributed by atoms with Crippen LogP contribution in [0.1, 0.15) is 23.7 Å². The molecule has 0 aliphatic carbocycles. The van der Waals surface area contributed by atoms with Gasteiger partial charge in [0.2, 0.25) is 0 Å². The van der Waals surface area contributed by atoms with Crippen LogP contribution in [0.3, 0.4) is 0 Å². The molecule has 19 heavy (non-hydrogen) atoms. The molecule has 0 aliphatic heterocycles. The average molecular weight is 260 g/mol. The summed E-state index contributed by atoms with van der Waals surface area (Å²) >= 11 is 0. The number of carbonyl (C=O) groups is 1. The molecule has 1 atom stereocenters. The molecule has 5 heteroatoms. The molecule has 0 amide bonds. The number of pyridine rings is 1. The van der Waals surface area contributed by atoms with Gasteiger partial charge in [0.1, 0.15) is 5.82 Å². The van der Waals surface area contributed by atoms with Crippen molar-refractivity contribution in [2.24, 2.45) is 0 Å². The predicted octanol–water partition coefficient (Wildman–Crippen LogP) is 2.12. The predicted molar refractivity (Wildman–Crippen MR) is 73.5 cm³/mol. The van der Waals surface area contributed by atoms with Crippen LogP contribution in [0, 0.1) is 0 Å². The maximum absolute atomic E-state index is 11.1. The van der Waals surface area contributed by atoms with Crippen molar-refractivity contribution in [3.05, 3.63) is 36.0 Å². The third-order valence-electron chi connectivity index (χ3n) is 3.00. The number of rotatable bonds is 5. The molecule has 5 nitrogen and oxygen atoms in total. The van der Waals surface area contributed by atoms with Gasteiger partial charge in [-0.15, -0.1) is 0 Å². The fourth-order valence-corrected chi connectivity index (χ4v) is 1.86. The second-order valence-corrected chi connectivity index (χ2v) is 4.31. The van der Waals surface area contributed by atoms with Gasteiger partial charge in [0, 0.05) is 23.5 Å². The van der Waals surface area contributed by atoms with Crippen molar-refractivity contribution in [1.29, 1.82) is 0 Å². The van der Waals surface area contributed by atoms with E-state index in [-0.39, 0.29) is 5.56 Å². The largest absolute Gasteiger partial charge is 0.478 e. The van der Waals surface area contributed by atoms with Gasteiger partial charge in [-0.3, -0.25) is 0 Å². The van der Waals surface area contributed by atoms with Gasteiger partial charge in [-0.2, -0.15) is 0 Å². The molecular weight excluding hydrogens is 244 g/mol. The van der Waals surface area contributed by atoms with Crippen LogP contribution in [0.4, 0.5) is 5.82 Å². The second-order valence-electron chi connectivity index (χ2n) is 4.31. The number of hydrogen-bond acceptors (Lipinski definition) is 4. The molecule has 1 aromatic heterocycles. The number of hydrogen-bond donors (Lipinski definition) is 3. The minimum absolute atomic E-state index is 0.178. The van der Waals surface area contributed by atoms with Gasteiger partial charge in [-0.1, -0.05) is 31.2 Å². The molecule has 0 fully saturated rings. The van der Waals surface area contributed by atoms with Crippen molar-refractivity contribution in [3.63, 3.8) is 0 Å². The lowest BCUT2D eigenvalue weighted by molar-refractivity contribution is 0.0698. The Morgan fingerprint density at radius 3 is 2.68 bits per heavy atom. The number of carboxylic acid groups (broad SMARTS) is 1. The fraction of sp³-hybridized carbons (Fsp3) is 0.286. The molecule has 0 saturated heterocycles. The van der Waals surface area contributed by atoms with E-state index in [1.54, 1.807) is 12.1 Å². The van der Waals surface area contributed by atoms with E-state index in [1.807, 2.05) is 19.1 Å². The Morgan fingerprint density at radius 1 is 1.37 bits per heavy atom. The number of nitrogens with zero attached hydrogens (tertiary/aromatic N) is 1. The highest BCUT2D eigenvalue weighted by molar-refractivity contribution is 6.06. The van der Waals surface area contributed by atoms with E-state index in [9.17, 15) is 9.90 Å². The SMILES string of the molecule is CCC(O)CNc1ncc(C(=O)O)c2ccccc12. The van der Waals surface area contributed by atoms with Gasteiger partial charge >= 0.3 is 5.97 Å². The van der Waals surface area contributed by atoms with Crippen molar-refractivity contribution >= 4 is 22.6 Å². The van der Waals surface area contributed by atoms with Gasteiger partial charge in [0.05, 0.1) is 11.7 Å². The first-order valence-electron chi connectivity index (χ1n) is 6.16. The van der Waals surface area contributed by atoms with E-state index in [2.05, 4.69) is 10.3 Å². The van der Waals surface area contributed by atoms with Crippen LogP contribution < -0.4 is 5.32 Å². The fourth-order valence-electron chi connectivity index (χ4n) is 1.86. The van der Waals surface area contributed by atoms with Crippen LogP contribution in [-0.2, 0) is 0 Å². The molecule has 0 radical (unpaired) electrons. The lowest BCUT2D eigenvalue weighted by Crippen LogP contribution is -2.19. The minimum atomic E-state index is -0.996. The number of carboxylic acids is 1. The van der Waals surface area contributed by atoms with Crippen LogP contribution in [0.15, 0.2) is 30.5 Å². The maximum atomic E-state index is 11.1. The van der Waals surface area contributed by atoms with Gasteiger partial charge in [-0.25, -0.2) is 9.78 Å². The first-order chi connectivity index (χ1) is 9.13. The van der Waals surface area contributed by atoms with Crippen LogP contribution >= 0.6 is 0 Å². The highest BCUT2D eigenvalue weighted by Gasteiger charge is 2.12. The molecule has 1 aromatic carbocycles. The summed E-state index contributed by atoms with van der Waals surface area (Å²) in [6.45, 7) is 2.28. The Kier molecular flexibility index (Phi) is 3.97. The summed E-state index contributed by atoms with van der Waals surface area (Å²) in [5, 5.41) is 23.1. The van der Waals surface area contributed by atoms with Crippen molar-refractivity contribution in [2.45, 2.75) is 19.4 Å². The van der Waals surface area contributed by atoms with E-state index in [1.165, 1.54) is 6.20 Å². The zero-order valence-corrected chi connectivity index (χ0v) is 10.6. The molecule has 0 spiro atoms. The summed E-state index contributed by atoms with van der Waals surface area (Å²) < 4.78 is 0. The van der Waals surface area contributed by atoms with E-state index in [0.29, 0.717) is 24.2 Å². The normalized spacial score (nSPS) is 12.3. The van der Waals surface area contributed by atoms with Crippen molar-refractivity contribution in [3.8, 4) is 0 Å². The Hall–Kier alpha value is -2.14. The van der Waals surface area contributed by atoms with Gasteiger partial charge in [-0.05, 0) is 6.42 Å². The first kappa shape index (κ1) is 13.3. The highest BCUT2D eigenvalue weighted by atomic mass is 16.4. The zero-order chi connectivity index (χ0) is 13.8. The number of aromatic nitrogens is 1. The smallest absolute Gasteiger partial charge is 0.337 e. The third kappa shape index (κ3) is 2.82. The second kappa shape index (κ2) is 5.67. The third-order valence-corrected chi connectivity index (χ3v) is 3.00. The Bertz CT molecular complexity index is 598. The molecule has 2 rings (SSSR count). The van der Waals surface area contributed by atoms with E-state index in [4.69, 9.17) is 5.11 Å². The number of aliphatic hydroxyl groups is 1. The summed E-state index contributed by atoms with van der Waals surface area (Å²) in [4.78, 5) is 15.3. The van der Waals surface area contributed by atoms with E-state index < -0.39 is 12.1 Å². The van der Waals surface area contributed by atoms with Crippen LogP contribution in [0.5, 0.6) is 0 Å². The molecule has 3 N–H and O–H groups in total. The average Bonchev–Trinajstić information content (AvgIpc) is 2.43. The Labute approximate surface area is 110 Å². The van der Waals surface area contributed by atoms with Crippen LogP contribution in [0.25, 0.3) is 10.8 Å². The molecule has 1 heterocycles. The van der Waals surface area contributed by atoms with Gasteiger partial charge in [0.15, 0.2) is 0 Å². The lowest BCUT2D eigenvalue weighted by Gasteiger charge is -2.12. The summed E-state index contributed by atoms with van der Waals surface area (Å²) in [7, 11) is 0. The monoisotopic (exact) mass is 260 g/mol. The quantitative estimate of drug-likeness (QED) is 0.767. The summed E-state index contributed by atoms with van der Waals surface area (Å²) in [6, 6.07) is 7.19. The molecule has 0 aliphatic rings. The zero-order valence-electron chi connectivity index (χ0n) is 10.6. The highest BCUT2D eigenvalue weighted by Crippen LogP contribution is 2.24. The number of anilines is 1. The summed E-state index contributed by atoms with van der Waals surface area (Å²) in [6.07, 6.45) is 1.54. The Balaban J connectivity index is 2.41. The first-order valence-corrected chi connectivity index (χ1v) is 6.16. The topological polar surface area (TPSA) is 82.5 Å². The Morgan fingerprint density at radius 2 is 2.05 bits per heavy atom. The number of fused-ring (bicyclic) bond motifs is 1. The molecule has 100 valence electrons. The number of aliphatic hydroxyl groups excluding tert-OH is 1. The van der Waals surface area contributed by atoms with Crippen molar-refractivity contribution < 1.29 is 15.0 Å². The summed E-state index contributed by atoms with van der Waals surface area (Å²) in [5.74, 6) is -0.406. The van der Waals surface area contributed by atoms with Gasteiger partial charge < -0.3 is 15.5 Å². The van der Waals surface area contributed by atoms with Gasteiger partial charge in [0.25, 0.3) is 0 Å². The minimum Gasteiger partial charge on any atom is -0.478 e. The van der Waals surface area contributed by atoms with E-state index in [0.717, 1.165) is 5.39 Å². The van der Waals surface area contributed by atoms with E-state index >= 15 is 0 Å². The van der Waals surface area contributed by atoms with Crippen molar-refractivity contribution in [1.82, 2.24) is 4.98 Å². The van der Waals surface area contributed by atoms with Crippen LogP contribution in [0.2, 0.25) is 0 Å². The molecule has 2 aromatic rings. The van der Waals surface area contributed by atoms with Crippen LogP contribution in [-0.4, -0.2) is 33.8 Å². The summed E-state index contributed by atoms with van der Waals surface area (Å²) in [5.41, 5.74) is 0.178. The molecule has 0 saturated carbocycles. The molecular formula is C14H16N2O3. The lowest BCUT2D eigenvalue weighted by atomic mass is 10.1.